The number of thiazole rings is 1. The van der Waals surface area contributed by atoms with Crippen LogP contribution in [-0.2, 0) is 9.59 Å². The number of likely N-dealkylation sites (tertiary alicyclic amines) is 1. The van der Waals surface area contributed by atoms with Crippen molar-refractivity contribution in [2.24, 2.45) is 5.92 Å². The van der Waals surface area contributed by atoms with Crippen molar-refractivity contribution in [2.75, 3.05) is 24.5 Å². The molecule has 1 fully saturated rings. The summed E-state index contributed by atoms with van der Waals surface area (Å²) in [6.45, 7) is 1.36. The number of anilines is 1. The highest BCUT2D eigenvalue weighted by atomic mass is 32.1. The van der Waals surface area contributed by atoms with Gasteiger partial charge < -0.3 is 14.7 Å². The van der Waals surface area contributed by atoms with Gasteiger partial charge in [0.2, 0.25) is 17.8 Å². The first-order valence-corrected chi connectivity index (χ1v) is 14.3. The second kappa shape index (κ2) is 11.4. The third-order valence-electron chi connectivity index (χ3n) is 6.73. The summed E-state index contributed by atoms with van der Waals surface area (Å²) in [4.78, 5) is 58.6. The number of nitrogens with zero attached hydrogens (tertiary/aromatic N) is 3. The van der Waals surface area contributed by atoms with Gasteiger partial charge in [-0.05, 0) is 48.8 Å². The molecule has 2 aliphatic rings. The van der Waals surface area contributed by atoms with Crippen molar-refractivity contribution in [1.29, 1.82) is 0 Å². The van der Waals surface area contributed by atoms with Crippen LogP contribution in [0.15, 0.2) is 47.2 Å². The molecule has 0 aliphatic carbocycles. The number of ether oxygens (including phenoxy) is 1. The molecule has 11 heteroatoms. The average Bonchev–Trinajstić information content (AvgIpc) is 3.67. The summed E-state index contributed by atoms with van der Waals surface area (Å²) >= 11 is 2.59. The lowest BCUT2D eigenvalue weighted by Gasteiger charge is -2.32. The lowest BCUT2D eigenvalue weighted by Crippen LogP contribution is -2.41. The molecule has 2 aromatic heterocycles. The lowest BCUT2D eigenvalue weighted by molar-refractivity contribution is -0.140. The topological polar surface area (TPSA) is 117 Å². The largest absolute Gasteiger partial charge is 0.481 e. The number of rotatable bonds is 9. The molecule has 1 N–H and O–H groups in total. The van der Waals surface area contributed by atoms with Gasteiger partial charge in [0.25, 0.3) is 5.91 Å². The number of carboxylic acid groups (broad SMARTS) is 1. The molecule has 9 nitrogen and oxygen atoms in total. The Morgan fingerprint density at radius 3 is 2.76 bits per heavy atom. The summed E-state index contributed by atoms with van der Waals surface area (Å²) in [5.74, 6) is -0.765. The fraction of sp³-hybridized carbons (Fsp3) is 0.370. The fourth-order valence-corrected chi connectivity index (χ4v) is 6.41. The number of hydrogen-bond acceptors (Lipinski definition) is 8. The number of Topliss-reactive ketones (excluding diaryl/α,β-unsaturated/α-hetero) is 1. The Labute approximate surface area is 227 Å². The average molecular weight is 554 g/mol. The molecule has 1 saturated heterocycles. The summed E-state index contributed by atoms with van der Waals surface area (Å²) in [5, 5.41) is 13.1. The van der Waals surface area contributed by atoms with Gasteiger partial charge in [0, 0.05) is 37.9 Å². The monoisotopic (exact) mass is 553 g/mol. The number of ketones is 1. The van der Waals surface area contributed by atoms with E-state index in [1.807, 2.05) is 5.38 Å². The number of fused-ring (bicyclic) bond motifs is 1. The SMILES string of the molecule is O=C(O)CC1CCCN(C(=O)CCCN(C(=O)c2cccs2)c2nc(C3Oc4ccccc4C3=O)cs2)C1. The van der Waals surface area contributed by atoms with Crippen LogP contribution in [0, 0.1) is 5.92 Å². The van der Waals surface area contributed by atoms with Gasteiger partial charge in [0.05, 0.1) is 10.4 Å². The number of hydrogen-bond donors (Lipinski definition) is 1. The second-order valence-corrected chi connectivity index (χ2v) is 11.2. The molecule has 2 amide bonds. The summed E-state index contributed by atoms with van der Waals surface area (Å²) in [7, 11) is 0. The van der Waals surface area contributed by atoms with Crippen molar-refractivity contribution in [3.8, 4) is 5.75 Å². The molecule has 2 atom stereocenters. The van der Waals surface area contributed by atoms with Crippen LogP contribution in [0.4, 0.5) is 5.13 Å². The molecule has 2 aliphatic heterocycles. The minimum Gasteiger partial charge on any atom is -0.481 e. The van der Waals surface area contributed by atoms with E-state index in [4.69, 9.17) is 9.84 Å². The van der Waals surface area contributed by atoms with E-state index in [1.165, 1.54) is 22.7 Å². The van der Waals surface area contributed by atoms with Gasteiger partial charge in [-0.25, -0.2) is 4.98 Å². The lowest BCUT2D eigenvalue weighted by atomic mass is 9.94. The van der Waals surface area contributed by atoms with Crippen molar-refractivity contribution in [2.45, 2.75) is 38.2 Å². The number of benzene rings is 1. The van der Waals surface area contributed by atoms with E-state index in [9.17, 15) is 19.2 Å². The molecule has 0 saturated carbocycles. The first-order chi connectivity index (χ1) is 18.4. The highest BCUT2D eigenvalue weighted by Crippen LogP contribution is 2.38. The zero-order chi connectivity index (χ0) is 26.6. The highest BCUT2D eigenvalue weighted by Gasteiger charge is 2.36. The number of thiophene rings is 1. The van der Waals surface area contributed by atoms with Crippen LogP contribution >= 0.6 is 22.7 Å². The number of carbonyl (C=O) groups is 4. The van der Waals surface area contributed by atoms with E-state index in [-0.39, 0.29) is 42.9 Å². The number of aromatic nitrogens is 1. The van der Waals surface area contributed by atoms with Crippen molar-refractivity contribution >= 4 is 51.4 Å². The van der Waals surface area contributed by atoms with Crippen LogP contribution < -0.4 is 9.64 Å². The van der Waals surface area contributed by atoms with Crippen LogP contribution in [0.3, 0.4) is 0 Å². The van der Waals surface area contributed by atoms with E-state index in [1.54, 1.807) is 51.6 Å². The number of amides is 2. The van der Waals surface area contributed by atoms with E-state index in [0.717, 1.165) is 12.8 Å². The molecule has 0 spiro atoms. The molecule has 4 heterocycles. The zero-order valence-corrected chi connectivity index (χ0v) is 22.2. The first kappa shape index (κ1) is 26.1. The second-order valence-electron chi connectivity index (χ2n) is 9.40. The van der Waals surface area contributed by atoms with Crippen LogP contribution in [0.1, 0.15) is 63.9 Å². The van der Waals surface area contributed by atoms with Crippen LogP contribution in [0.2, 0.25) is 0 Å². The van der Waals surface area contributed by atoms with E-state index in [0.29, 0.717) is 46.5 Å². The molecule has 5 rings (SSSR count). The minimum atomic E-state index is -0.851. The van der Waals surface area contributed by atoms with Crippen LogP contribution in [0.25, 0.3) is 0 Å². The number of carboxylic acids is 1. The smallest absolute Gasteiger partial charge is 0.303 e. The molecular formula is C27H27N3O6S2. The van der Waals surface area contributed by atoms with E-state index < -0.39 is 12.1 Å². The third kappa shape index (κ3) is 5.63. The van der Waals surface area contributed by atoms with Crippen LogP contribution in [0.5, 0.6) is 5.75 Å². The number of para-hydroxylation sites is 1. The molecule has 2 unspecified atom stereocenters. The Hall–Kier alpha value is -3.57. The van der Waals surface area contributed by atoms with Crippen molar-refractivity contribution < 1.29 is 29.0 Å². The predicted octanol–water partition coefficient (Wildman–Crippen LogP) is 4.66. The Bertz CT molecular complexity index is 1340. The molecule has 1 aromatic carbocycles. The number of carbonyl (C=O) groups excluding carboxylic acids is 3. The predicted molar refractivity (Wildman–Crippen MR) is 143 cm³/mol. The van der Waals surface area contributed by atoms with Crippen molar-refractivity contribution in [1.82, 2.24) is 9.88 Å². The zero-order valence-electron chi connectivity index (χ0n) is 20.6. The van der Waals surface area contributed by atoms with E-state index in [2.05, 4.69) is 4.98 Å². The Morgan fingerprint density at radius 1 is 1.16 bits per heavy atom. The van der Waals surface area contributed by atoms with Crippen LogP contribution in [-0.4, -0.2) is 58.2 Å². The number of aliphatic carboxylic acids is 1. The molecule has 3 aromatic rings. The van der Waals surface area contributed by atoms with Gasteiger partial charge in [-0.3, -0.25) is 24.1 Å². The van der Waals surface area contributed by atoms with Crippen molar-refractivity contribution in [3.63, 3.8) is 0 Å². The van der Waals surface area contributed by atoms with Gasteiger partial charge >= 0.3 is 5.97 Å². The van der Waals surface area contributed by atoms with Gasteiger partial charge in [-0.1, -0.05) is 18.2 Å². The van der Waals surface area contributed by atoms with Gasteiger partial charge in [0.1, 0.15) is 11.4 Å². The third-order valence-corrected chi connectivity index (χ3v) is 8.47. The van der Waals surface area contributed by atoms with Gasteiger partial charge in [-0.15, -0.1) is 22.7 Å². The molecule has 0 bridgehead atoms. The Balaban J connectivity index is 1.26. The van der Waals surface area contributed by atoms with Gasteiger partial charge in [0.15, 0.2) is 5.13 Å². The van der Waals surface area contributed by atoms with Crippen molar-refractivity contribution in [3.05, 3.63) is 63.3 Å². The summed E-state index contributed by atoms with van der Waals surface area (Å²) < 4.78 is 5.85. The Morgan fingerprint density at radius 2 is 2.00 bits per heavy atom. The maximum Gasteiger partial charge on any atom is 0.303 e. The maximum absolute atomic E-state index is 13.4. The highest BCUT2D eigenvalue weighted by molar-refractivity contribution is 7.14. The van der Waals surface area contributed by atoms with Gasteiger partial charge in [-0.2, -0.15) is 0 Å². The molecular weight excluding hydrogens is 526 g/mol. The standard InChI is InChI=1S/C27H27N3O6S2/c31-22(29-11-3-6-17(15-29)14-23(32)33)10-4-12-30(26(35)21-9-5-13-37-21)27-28-19(16-38-27)25-24(34)18-7-1-2-8-20(18)36-25/h1-2,5,7-9,13,16-17,25H,3-4,6,10-12,14-15H2,(H,32,33). The Kier molecular flexibility index (Phi) is 7.85. The molecule has 38 heavy (non-hydrogen) atoms. The fourth-order valence-electron chi connectivity index (χ4n) is 4.88. The number of piperidine rings is 1. The quantitative estimate of drug-likeness (QED) is 0.410. The summed E-state index contributed by atoms with van der Waals surface area (Å²) in [5.41, 5.74) is 0.962. The van der Waals surface area contributed by atoms with E-state index >= 15 is 0 Å². The minimum absolute atomic E-state index is 0.0255. The normalized spacial score (nSPS) is 18.6. The molecule has 0 radical (unpaired) electrons. The maximum atomic E-state index is 13.4. The summed E-state index contributed by atoms with van der Waals surface area (Å²) in [6, 6.07) is 10.6. The molecule has 198 valence electrons. The summed E-state index contributed by atoms with van der Waals surface area (Å²) in [6.07, 6.45) is 1.48. The first-order valence-electron chi connectivity index (χ1n) is 12.5.